The van der Waals surface area contributed by atoms with Gasteiger partial charge >= 0.3 is 0 Å². The summed E-state index contributed by atoms with van der Waals surface area (Å²) in [7, 11) is 0. The van der Waals surface area contributed by atoms with Crippen molar-refractivity contribution < 1.29 is 5.11 Å². The molecule has 2 nitrogen and oxygen atoms in total. The second kappa shape index (κ2) is 4.25. The van der Waals surface area contributed by atoms with Gasteiger partial charge < -0.3 is 5.11 Å². The zero-order valence-electron chi connectivity index (χ0n) is 8.95. The monoisotopic (exact) mass is 183 g/mol. The summed E-state index contributed by atoms with van der Waals surface area (Å²) in [4.78, 5) is 2.43. The summed E-state index contributed by atoms with van der Waals surface area (Å²) in [5, 5.41) is 9.01. The van der Waals surface area contributed by atoms with E-state index in [2.05, 4.69) is 37.8 Å². The van der Waals surface area contributed by atoms with E-state index in [1.807, 2.05) is 0 Å². The van der Waals surface area contributed by atoms with Gasteiger partial charge in [-0.25, -0.2) is 0 Å². The van der Waals surface area contributed by atoms with Gasteiger partial charge in [-0.1, -0.05) is 32.9 Å². The van der Waals surface area contributed by atoms with Crippen LogP contribution in [0.5, 0.6) is 0 Å². The van der Waals surface area contributed by atoms with Crippen LogP contribution in [0.3, 0.4) is 0 Å². The van der Waals surface area contributed by atoms with Crippen molar-refractivity contribution in [2.24, 2.45) is 5.41 Å². The Kier molecular flexibility index (Phi) is 3.51. The van der Waals surface area contributed by atoms with E-state index in [0.717, 1.165) is 19.5 Å². The predicted octanol–water partition coefficient (Wildman–Crippen LogP) is 1.66. The van der Waals surface area contributed by atoms with E-state index in [1.165, 1.54) is 0 Å². The summed E-state index contributed by atoms with van der Waals surface area (Å²) in [5.74, 6) is 0. The van der Waals surface area contributed by atoms with Crippen LogP contribution in [0, 0.1) is 5.41 Å². The summed E-state index contributed by atoms with van der Waals surface area (Å²) in [6.07, 6.45) is 5.29. The summed E-state index contributed by atoms with van der Waals surface area (Å²) < 4.78 is 0. The lowest BCUT2D eigenvalue weighted by molar-refractivity contribution is 0.0993. The van der Waals surface area contributed by atoms with Crippen molar-refractivity contribution in [1.29, 1.82) is 0 Å². The molecule has 1 rings (SSSR count). The minimum absolute atomic E-state index is 0.259. The maximum atomic E-state index is 9.01. The summed E-state index contributed by atoms with van der Waals surface area (Å²) in [6, 6.07) is 0.493. The Morgan fingerprint density at radius 1 is 1.31 bits per heavy atom. The Labute approximate surface area is 81.2 Å². The molecular weight excluding hydrogens is 162 g/mol. The summed E-state index contributed by atoms with van der Waals surface area (Å²) in [6.45, 7) is 9.10. The lowest BCUT2D eigenvalue weighted by atomic mass is 9.84. The molecule has 0 bridgehead atoms. The van der Waals surface area contributed by atoms with E-state index in [1.54, 1.807) is 0 Å². The average Bonchev–Trinajstić information content (AvgIpc) is 2.49. The van der Waals surface area contributed by atoms with Gasteiger partial charge in [0.05, 0.1) is 0 Å². The molecule has 0 saturated carbocycles. The Balaban J connectivity index is 2.56. The van der Waals surface area contributed by atoms with Crippen molar-refractivity contribution >= 4 is 0 Å². The van der Waals surface area contributed by atoms with Gasteiger partial charge in [0, 0.05) is 25.7 Å². The van der Waals surface area contributed by atoms with Gasteiger partial charge in [0.15, 0.2) is 0 Å². The molecule has 1 heterocycles. The molecule has 0 aromatic heterocycles. The van der Waals surface area contributed by atoms with E-state index < -0.39 is 0 Å². The molecule has 1 atom stereocenters. The number of nitrogens with zero attached hydrogens (tertiary/aromatic N) is 1. The van der Waals surface area contributed by atoms with E-state index in [0.29, 0.717) is 12.6 Å². The van der Waals surface area contributed by atoms with Crippen LogP contribution in [-0.4, -0.2) is 35.7 Å². The lowest BCUT2D eigenvalue weighted by Crippen LogP contribution is -2.43. The van der Waals surface area contributed by atoms with Crippen LogP contribution in [0.15, 0.2) is 12.2 Å². The standard InChI is InChI=1S/C11H21NO/c1-11(2,3)10(6-9-13)12-7-4-5-8-12/h4-5,10,13H,6-9H2,1-3H3. The Bertz CT molecular complexity index is 173. The maximum absolute atomic E-state index is 9.01. The van der Waals surface area contributed by atoms with Crippen LogP contribution in [0.4, 0.5) is 0 Å². The van der Waals surface area contributed by atoms with Gasteiger partial charge in [0.2, 0.25) is 0 Å². The van der Waals surface area contributed by atoms with Crippen LogP contribution in [0.1, 0.15) is 27.2 Å². The maximum Gasteiger partial charge on any atom is 0.0446 e. The molecule has 0 radical (unpaired) electrons. The number of hydrogen-bond acceptors (Lipinski definition) is 2. The fourth-order valence-corrected chi connectivity index (χ4v) is 2.03. The average molecular weight is 183 g/mol. The molecule has 0 aliphatic carbocycles. The minimum Gasteiger partial charge on any atom is -0.396 e. The largest absolute Gasteiger partial charge is 0.396 e. The van der Waals surface area contributed by atoms with E-state index in [4.69, 9.17) is 5.11 Å². The van der Waals surface area contributed by atoms with Gasteiger partial charge in [-0.15, -0.1) is 0 Å². The Morgan fingerprint density at radius 2 is 1.85 bits per heavy atom. The molecular formula is C11H21NO. The topological polar surface area (TPSA) is 23.5 Å². The van der Waals surface area contributed by atoms with E-state index in [9.17, 15) is 0 Å². The molecule has 76 valence electrons. The highest BCUT2D eigenvalue weighted by Gasteiger charge is 2.29. The third-order valence-corrected chi connectivity index (χ3v) is 2.69. The normalized spacial score (nSPS) is 20.9. The molecule has 0 amide bonds. The van der Waals surface area contributed by atoms with Crippen molar-refractivity contribution in [3.8, 4) is 0 Å². The summed E-state index contributed by atoms with van der Waals surface area (Å²) in [5.41, 5.74) is 0.259. The van der Waals surface area contributed by atoms with Crippen LogP contribution < -0.4 is 0 Å². The Morgan fingerprint density at radius 3 is 2.23 bits per heavy atom. The van der Waals surface area contributed by atoms with Crippen LogP contribution in [-0.2, 0) is 0 Å². The molecule has 1 unspecified atom stereocenters. The van der Waals surface area contributed by atoms with Crippen LogP contribution in [0.2, 0.25) is 0 Å². The highest BCUT2D eigenvalue weighted by Crippen LogP contribution is 2.27. The van der Waals surface area contributed by atoms with Crippen molar-refractivity contribution in [1.82, 2.24) is 4.90 Å². The molecule has 2 heteroatoms. The molecule has 1 aliphatic heterocycles. The minimum atomic E-state index is 0.259. The second-order valence-corrected chi connectivity index (χ2v) is 4.82. The lowest BCUT2D eigenvalue weighted by Gasteiger charge is -2.37. The molecule has 0 fully saturated rings. The second-order valence-electron chi connectivity index (χ2n) is 4.82. The van der Waals surface area contributed by atoms with Gasteiger partial charge in [-0.2, -0.15) is 0 Å². The number of aliphatic hydroxyl groups is 1. The number of rotatable bonds is 3. The smallest absolute Gasteiger partial charge is 0.0446 e. The van der Waals surface area contributed by atoms with Crippen molar-refractivity contribution in [2.75, 3.05) is 19.7 Å². The van der Waals surface area contributed by atoms with Crippen molar-refractivity contribution in [2.45, 2.75) is 33.2 Å². The zero-order chi connectivity index (χ0) is 9.90. The highest BCUT2D eigenvalue weighted by atomic mass is 16.3. The zero-order valence-corrected chi connectivity index (χ0v) is 8.95. The predicted molar refractivity (Wildman–Crippen MR) is 55.7 cm³/mol. The molecule has 0 spiro atoms. The van der Waals surface area contributed by atoms with Crippen molar-refractivity contribution in [3.05, 3.63) is 12.2 Å². The molecule has 0 aromatic rings. The van der Waals surface area contributed by atoms with Gasteiger partial charge in [-0.05, 0) is 11.8 Å². The van der Waals surface area contributed by atoms with E-state index in [-0.39, 0.29) is 5.41 Å². The Hall–Kier alpha value is -0.340. The first-order valence-corrected chi connectivity index (χ1v) is 5.05. The molecule has 13 heavy (non-hydrogen) atoms. The molecule has 0 saturated heterocycles. The SMILES string of the molecule is CC(C)(C)C(CCO)N1CC=CC1. The van der Waals surface area contributed by atoms with Gasteiger partial charge in [0.25, 0.3) is 0 Å². The summed E-state index contributed by atoms with van der Waals surface area (Å²) >= 11 is 0. The third-order valence-electron chi connectivity index (χ3n) is 2.69. The van der Waals surface area contributed by atoms with E-state index >= 15 is 0 Å². The number of aliphatic hydroxyl groups excluding tert-OH is 1. The van der Waals surface area contributed by atoms with Crippen LogP contribution in [0.25, 0.3) is 0 Å². The highest BCUT2D eigenvalue weighted by molar-refractivity contribution is 4.99. The fraction of sp³-hybridized carbons (Fsp3) is 0.818. The third kappa shape index (κ3) is 2.82. The molecule has 1 aliphatic rings. The van der Waals surface area contributed by atoms with Gasteiger partial charge in [0.1, 0.15) is 0 Å². The molecule has 0 aromatic carbocycles. The first-order chi connectivity index (χ1) is 6.05. The molecule has 1 N–H and O–H groups in total. The van der Waals surface area contributed by atoms with Crippen molar-refractivity contribution in [3.63, 3.8) is 0 Å². The fourth-order valence-electron chi connectivity index (χ4n) is 2.03. The van der Waals surface area contributed by atoms with Gasteiger partial charge in [-0.3, -0.25) is 4.90 Å². The first kappa shape index (κ1) is 10.7. The number of hydrogen-bond donors (Lipinski definition) is 1. The first-order valence-electron chi connectivity index (χ1n) is 5.05. The van der Waals surface area contributed by atoms with Crippen LogP contribution >= 0.6 is 0 Å². The quantitative estimate of drug-likeness (QED) is 0.673.